The molecule has 0 spiro atoms. The summed E-state index contributed by atoms with van der Waals surface area (Å²) in [5.41, 5.74) is 1.19. The van der Waals surface area contributed by atoms with E-state index in [-0.39, 0.29) is 12.0 Å². The molecular formula is C17H22N4O3. The third-order valence-corrected chi connectivity index (χ3v) is 3.94. The largest absolute Gasteiger partial charge is 0.423 e. The molecule has 0 saturated carbocycles. The summed E-state index contributed by atoms with van der Waals surface area (Å²) in [6.07, 6.45) is -0.344. The quantitative estimate of drug-likeness (QED) is 0.825. The van der Waals surface area contributed by atoms with Crippen LogP contribution in [0, 0.1) is 6.92 Å². The number of amides is 1. The molecule has 1 aliphatic rings. The number of hydrogen-bond acceptors (Lipinski definition) is 6. The van der Waals surface area contributed by atoms with E-state index >= 15 is 0 Å². The van der Waals surface area contributed by atoms with Crippen molar-refractivity contribution in [3.05, 3.63) is 47.7 Å². The van der Waals surface area contributed by atoms with E-state index in [0.717, 1.165) is 6.54 Å². The van der Waals surface area contributed by atoms with Crippen LogP contribution < -0.4 is 0 Å². The minimum atomic E-state index is -0.344. The molecule has 1 atom stereocenters. The monoisotopic (exact) mass is 330 g/mol. The van der Waals surface area contributed by atoms with Crippen molar-refractivity contribution in [2.24, 2.45) is 0 Å². The highest BCUT2D eigenvalue weighted by atomic mass is 16.5. The molecule has 1 fully saturated rings. The molecule has 128 valence electrons. The molecule has 3 rings (SSSR count). The van der Waals surface area contributed by atoms with Crippen LogP contribution in [0.4, 0.5) is 0 Å². The van der Waals surface area contributed by atoms with E-state index in [1.807, 2.05) is 30.1 Å². The lowest BCUT2D eigenvalue weighted by Gasteiger charge is -2.32. The van der Waals surface area contributed by atoms with Crippen LogP contribution in [0.5, 0.6) is 0 Å². The lowest BCUT2D eigenvalue weighted by molar-refractivity contribution is -0.140. The first-order valence-corrected chi connectivity index (χ1v) is 8.03. The molecule has 1 saturated heterocycles. The van der Waals surface area contributed by atoms with Crippen molar-refractivity contribution in [3.8, 4) is 0 Å². The van der Waals surface area contributed by atoms with E-state index in [4.69, 9.17) is 9.15 Å². The summed E-state index contributed by atoms with van der Waals surface area (Å²) in [5, 5.41) is 7.81. The molecule has 1 aliphatic heterocycles. The van der Waals surface area contributed by atoms with Crippen molar-refractivity contribution >= 4 is 5.91 Å². The standard InChI is InChI=1S/C17H22N4O3/c1-13-18-19-17(24-13)15-11-21(8-9-23-15)16(22)12-20(2)10-14-6-4-3-5-7-14/h3-7,15H,8-12H2,1-2H3/t15-/m0/s1. The first kappa shape index (κ1) is 16.6. The molecule has 24 heavy (non-hydrogen) atoms. The molecule has 2 aromatic rings. The van der Waals surface area contributed by atoms with Crippen LogP contribution in [-0.4, -0.2) is 59.2 Å². The maximum Gasteiger partial charge on any atom is 0.246 e. The zero-order chi connectivity index (χ0) is 16.9. The number of rotatable bonds is 5. The Morgan fingerprint density at radius 1 is 1.33 bits per heavy atom. The summed E-state index contributed by atoms with van der Waals surface area (Å²) < 4.78 is 11.1. The zero-order valence-electron chi connectivity index (χ0n) is 14.0. The first-order chi connectivity index (χ1) is 11.6. The number of carbonyl (C=O) groups excluding carboxylic acids is 1. The number of likely N-dealkylation sites (N-methyl/N-ethyl adjacent to an activating group) is 1. The number of nitrogens with zero attached hydrogens (tertiary/aromatic N) is 4. The van der Waals surface area contributed by atoms with Crippen molar-refractivity contribution in [1.29, 1.82) is 0 Å². The summed E-state index contributed by atoms with van der Waals surface area (Å²) in [7, 11) is 1.95. The zero-order valence-corrected chi connectivity index (χ0v) is 14.0. The Morgan fingerprint density at radius 2 is 2.12 bits per heavy atom. The van der Waals surface area contributed by atoms with E-state index in [1.165, 1.54) is 5.56 Å². The first-order valence-electron chi connectivity index (χ1n) is 8.03. The Labute approximate surface area is 141 Å². The molecule has 0 radical (unpaired) electrons. The fourth-order valence-electron chi connectivity index (χ4n) is 2.75. The Hall–Kier alpha value is -2.25. The van der Waals surface area contributed by atoms with Crippen molar-refractivity contribution < 1.29 is 13.9 Å². The maximum atomic E-state index is 12.5. The predicted octanol–water partition coefficient (Wildman–Crippen LogP) is 1.41. The second kappa shape index (κ2) is 7.55. The van der Waals surface area contributed by atoms with Crippen LogP contribution in [0.15, 0.2) is 34.7 Å². The highest BCUT2D eigenvalue weighted by molar-refractivity contribution is 5.78. The Morgan fingerprint density at radius 3 is 2.83 bits per heavy atom. The molecule has 1 amide bonds. The fourth-order valence-corrected chi connectivity index (χ4v) is 2.75. The van der Waals surface area contributed by atoms with Crippen LogP contribution in [0.25, 0.3) is 0 Å². The van der Waals surface area contributed by atoms with Gasteiger partial charge in [-0.1, -0.05) is 30.3 Å². The highest BCUT2D eigenvalue weighted by Gasteiger charge is 2.29. The van der Waals surface area contributed by atoms with Crippen LogP contribution in [-0.2, 0) is 16.1 Å². The van der Waals surface area contributed by atoms with Gasteiger partial charge in [0.05, 0.1) is 19.7 Å². The van der Waals surface area contributed by atoms with Crippen LogP contribution in [0.3, 0.4) is 0 Å². The topological polar surface area (TPSA) is 71.7 Å². The van der Waals surface area contributed by atoms with Gasteiger partial charge in [0.15, 0.2) is 6.10 Å². The van der Waals surface area contributed by atoms with Gasteiger partial charge in [0.1, 0.15) is 0 Å². The molecule has 1 aromatic heterocycles. The van der Waals surface area contributed by atoms with Crippen LogP contribution in [0.1, 0.15) is 23.4 Å². The molecule has 2 heterocycles. The SMILES string of the molecule is Cc1nnc([C@@H]2CN(C(=O)CN(C)Cc3ccccc3)CCO2)o1. The normalized spacial score (nSPS) is 18.1. The summed E-state index contributed by atoms with van der Waals surface area (Å²) >= 11 is 0. The lowest BCUT2D eigenvalue weighted by Crippen LogP contribution is -2.46. The number of benzene rings is 1. The molecule has 7 nitrogen and oxygen atoms in total. The average molecular weight is 330 g/mol. The van der Waals surface area contributed by atoms with E-state index in [1.54, 1.807) is 11.8 Å². The third-order valence-electron chi connectivity index (χ3n) is 3.94. The second-order valence-electron chi connectivity index (χ2n) is 6.02. The van der Waals surface area contributed by atoms with Crippen molar-refractivity contribution in [2.45, 2.75) is 19.6 Å². The van der Waals surface area contributed by atoms with Crippen LogP contribution in [0.2, 0.25) is 0 Å². The van der Waals surface area contributed by atoms with Crippen LogP contribution >= 0.6 is 0 Å². The van der Waals surface area contributed by atoms with Gasteiger partial charge >= 0.3 is 0 Å². The smallest absolute Gasteiger partial charge is 0.246 e. The van der Waals surface area contributed by atoms with Gasteiger partial charge in [-0.2, -0.15) is 0 Å². The summed E-state index contributed by atoms with van der Waals surface area (Å²) in [6.45, 7) is 4.34. The summed E-state index contributed by atoms with van der Waals surface area (Å²) in [6, 6.07) is 10.1. The van der Waals surface area contributed by atoms with Gasteiger partial charge in [0, 0.05) is 20.0 Å². The van der Waals surface area contributed by atoms with Gasteiger partial charge in [-0.15, -0.1) is 10.2 Å². The van der Waals surface area contributed by atoms with Crippen molar-refractivity contribution in [2.75, 3.05) is 33.3 Å². The molecule has 0 aliphatic carbocycles. The number of aromatic nitrogens is 2. The van der Waals surface area contributed by atoms with Gasteiger partial charge in [0.2, 0.25) is 17.7 Å². The van der Waals surface area contributed by atoms with Gasteiger partial charge in [-0.3, -0.25) is 9.69 Å². The number of ether oxygens (including phenoxy) is 1. The maximum absolute atomic E-state index is 12.5. The average Bonchev–Trinajstić information content (AvgIpc) is 3.02. The van der Waals surface area contributed by atoms with Gasteiger partial charge in [-0.25, -0.2) is 0 Å². The minimum absolute atomic E-state index is 0.0815. The lowest BCUT2D eigenvalue weighted by atomic mass is 10.2. The Kier molecular flexibility index (Phi) is 5.22. The molecule has 0 unspecified atom stereocenters. The third kappa shape index (κ3) is 4.18. The summed E-state index contributed by atoms with van der Waals surface area (Å²) in [5.74, 6) is 1.01. The van der Waals surface area contributed by atoms with Gasteiger partial charge in [-0.05, 0) is 12.6 Å². The molecular weight excluding hydrogens is 308 g/mol. The number of hydrogen-bond donors (Lipinski definition) is 0. The van der Waals surface area contributed by atoms with E-state index < -0.39 is 0 Å². The summed E-state index contributed by atoms with van der Waals surface area (Å²) in [4.78, 5) is 16.4. The highest BCUT2D eigenvalue weighted by Crippen LogP contribution is 2.21. The van der Waals surface area contributed by atoms with Crippen molar-refractivity contribution in [1.82, 2.24) is 20.0 Å². The Bertz CT molecular complexity index is 673. The Balaban J connectivity index is 1.54. The molecule has 0 N–H and O–H groups in total. The number of carbonyl (C=O) groups is 1. The number of morpholine rings is 1. The number of aryl methyl sites for hydroxylation is 1. The van der Waals surface area contributed by atoms with Gasteiger partial charge < -0.3 is 14.1 Å². The molecule has 0 bridgehead atoms. The van der Waals surface area contributed by atoms with Crippen molar-refractivity contribution in [3.63, 3.8) is 0 Å². The molecule has 1 aromatic carbocycles. The molecule has 7 heteroatoms. The second-order valence-corrected chi connectivity index (χ2v) is 6.02. The van der Waals surface area contributed by atoms with E-state index in [9.17, 15) is 4.79 Å². The van der Waals surface area contributed by atoms with E-state index in [0.29, 0.717) is 38.0 Å². The van der Waals surface area contributed by atoms with E-state index in [2.05, 4.69) is 22.3 Å². The predicted molar refractivity (Wildman–Crippen MR) is 87.1 cm³/mol. The minimum Gasteiger partial charge on any atom is -0.423 e. The fraction of sp³-hybridized carbons (Fsp3) is 0.471. The van der Waals surface area contributed by atoms with Gasteiger partial charge in [0.25, 0.3) is 0 Å².